The first-order chi connectivity index (χ1) is 14.7. The number of benzene rings is 1. The Balaban J connectivity index is 2.06. The van der Waals surface area contributed by atoms with Crippen LogP contribution in [0.15, 0.2) is 41.0 Å². The minimum atomic E-state index is -0.475. The maximum absolute atomic E-state index is 12.7. The van der Waals surface area contributed by atoms with Crippen LogP contribution in [0, 0.1) is 22.0 Å². The molecule has 0 bridgehead atoms. The SMILES string of the molecule is CC(C)CNC(=O)c1coc(CN(CC(C)C)C(=O)/C=C/c2ccc([N+](=O)[O-])cc2)n1. The van der Waals surface area contributed by atoms with Crippen molar-refractivity contribution in [1.29, 1.82) is 0 Å². The molecule has 0 saturated carbocycles. The lowest BCUT2D eigenvalue weighted by Crippen LogP contribution is -2.32. The summed E-state index contributed by atoms with van der Waals surface area (Å²) >= 11 is 0. The smallest absolute Gasteiger partial charge is 0.273 e. The second-order valence-electron chi connectivity index (χ2n) is 8.02. The molecule has 166 valence electrons. The average molecular weight is 428 g/mol. The van der Waals surface area contributed by atoms with Crippen LogP contribution >= 0.6 is 0 Å². The molecule has 2 amide bonds. The number of oxazole rings is 1. The molecule has 0 unspecified atom stereocenters. The summed E-state index contributed by atoms with van der Waals surface area (Å²) in [6.07, 6.45) is 4.29. The van der Waals surface area contributed by atoms with Gasteiger partial charge in [0, 0.05) is 31.3 Å². The van der Waals surface area contributed by atoms with E-state index in [-0.39, 0.29) is 41.5 Å². The quantitative estimate of drug-likeness (QED) is 0.350. The molecule has 0 aliphatic rings. The lowest BCUT2D eigenvalue weighted by molar-refractivity contribution is -0.384. The van der Waals surface area contributed by atoms with E-state index in [2.05, 4.69) is 10.3 Å². The predicted molar refractivity (Wildman–Crippen MR) is 116 cm³/mol. The van der Waals surface area contributed by atoms with E-state index in [9.17, 15) is 19.7 Å². The van der Waals surface area contributed by atoms with E-state index in [1.165, 1.54) is 24.5 Å². The van der Waals surface area contributed by atoms with Crippen molar-refractivity contribution in [2.75, 3.05) is 13.1 Å². The Labute approximate surface area is 181 Å². The van der Waals surface area contributed by atoms with E-state index >= 15 is 0 Å². The number of amides is 2. The van der Waals surface area contributed by atoms with Crippen LogP contribution < -0.4 is 5.32 Å². The summed E-state index contributed by atoms with van der Waals surface area (Å²) < 4.78 is 5.40. The normalized spacial score (nSPS) is 11.3. The zero-order valence-electron chi connectivity index (χ0n) is 18.2. The van der Waals surface area contributed by atoms with Gasteiger partial charge in [0.25, 0.3) is 11.6 Å². The number of nitro benzene ring substituents is 1. The molecule has 1 heterocycles. The third-order valence-electron chi connectivity index (χ3n) is 4.20. The monoisotopic (exact) mass is 428 g/mol. The first-order valence-corrected chi connectivity index (χ1v) is 10.1. The van der Waals surface area contributed by atoms with Crippen molar-refractivity contribution >= 4 is 23.6 Å². The lowest BCUT2D eigenvalue weighted by atomic mass is 10.1. The van der Waals surface area contributed by atoms with Crippen LogP contribution in [-0.2, 0) is 11.3 Å². The van der Waals surface area contributed by atoms with Gasteiger partial charge in [0.05, 0.1) is 11.5 Å². The van der Waals surface area contributed by atoms with E-state index in [4.69, 9.17) is 4.42 Å². The summed E-state index contributed by atoms with van der Waals surface area (Å²) in [7, 11) is 0. The summed E-state index contributed by atoms with van der Waals surface area (Å²) in [6.45, 7) is 9.09. The van der Waals surface area contributed by atoms with Crippen LogP contribution in [0.1, 0.15) is 49.6 Å². The van der Waals surface area contributed by atoms with Crippen molar-refractivity contribution in [3.63, 3.8) is 0 Å². The number of hydrogen-bond donors (Lipinski definition) is 1. The topological polar surface area (TPSA) is 119 Å². The summed E-state index contributed by atoms with van der Waals surface area (Å²) in [5.41, 5.74) is 0.833. The minimum absolute atomic E-state index is 0.0120. The van der Waals surface area contributed by atoms with Crippen molar-refractivity contribution in [2.45, 2.75) is 34.2 Å². The molecule has 0 saturated heterocycles. The number of rotatable bonds is 10. The number of aromatic nitrogens is 1. The highest BCUT2D eigenvalue weighted by molar-refractivity contribution is 5.92. The summed E-state index contributed by atoms with van der Waals surface area (Å²) in [4.78, 5) is 40.9. The van der Waals surface area contributed by atoms with Gasteiger partial charge >= 0.3 is 0 Å². The van der Waals surface area contributed by atoms with Crippen LogP contribution in [-0.4, -0.2) is 39.7 Å². The standard InChI is InChI=1S/C22H28N4O5/c1-15(2)11-23-22(28)19-14-31-20(24-19)13-25(12-16(3)4)21(27)10-7-17-5-8-18(9-6-17)26(29)30/h5-10,14-16H,11-13H2,1-4H3,(H,23,28)/b10-7+. The molecule has 1 N–H and O–H groups in total. The maximum atomic E-state index is 12.7. The van der Waals surface area contributed by atoms with E-state index in [1.54, 1.807) is 23.1 Å². The number of nitrogens with zero attached hydrogens (tertiary/aromatic N) is 3. The van der Waals surface area contributed by atoms with Gasteiger partial charge in [-0.25, -0.2) is 4.98 Å². The molecular formula is C22H28N4O5. The Morgan fingerprint density at radius 3 is 2.45 bits per heavy atom. The van der Waals surface area contributed by atoms with Crippen LogP contribution in [0.4, 0.5) is 5.69 Å². The van der Waals surface area contributed by atoms with E-state index in [0.717, 1.165) is 0 Å². The van der Waals surface area contributed by atoms with Crippen molar-refractivity contribution < 1.29 is 18.9 Å². The highest BCUT2D eigenvalue weighted by Crippen LogP contribution is 2.14. The Kier molecular flexibility index (Phi) is 8.48. The van der Waals surface area contributed by atoms with Gasteiger partial charge in [0.15, 0.2) is 5.69 Å². The Bertz CT molecular complexity index is 932. The molecule has 0 spiro atoms. The molecule has 0 atom stereocenters. The Morgan fingerprint density at radius 1 is 1.19 bits per heavy atom. The van der Waals surface area contributed by atoms with Gasteiger partial charge < -0.3 is 14.6 Å². The zero-order valence-corrected chi connectivity index (χ0v) is 18.2. The van der Waals surface area contributed by atoms with E-state index < -0.39 is 4.92 Å². The molecule has 31 heavy (non-hydrogen) atoms. The fourth-order valence-electron chi connectivity index (χ4n) is 2.69. The number of carbonyl (C=O) groups is 2. The van der Waals surface area contributed by atoms with Crippen molar-refractivity contribution in [1.82, 2.24) is 15.2 Å². The zero-order chi connectivity index (χ0) is 23.0. The number of nitrogens with one attached hydrogen (secondary N) is 1. The highest BCUT2D eigenvalue weighted by Gasteiger charge is 2.18. The van der Waals surface area contributed by atoms with E-state index in [0.29, 0.717) is 24.6 Å². The third-order valence-corrected chi connectivity index (χ3v) is 4.20. The molecule has 0 aliphatic heterocycles. The second kappa shape index (κ2) is 11.1. The predicted octanol–water partition coefficient (Wildman–Crippen LogP) is 3.67. The van der Waals surface area contributed by atoms with Gasteiger partial charge in [-0.05, 0) is 35.6 Å². The van der Waals surface area contributed by atoms with Gasteiger partial charge in [-0.15, -0.1) is 0 Å². The maximum Gasteiger partial charge on any atom is 0.273 e. The number of nitro groups is 1. The largest absolute Gasteiger partial charge is 0.446 e. The lowest BCUT2D eigenvalue weighted by Gasteiger charge is -2.21. The molecule has 2 rings (SSSR count). The molecule has 1 aromatic heterocycles. The molecule has 2 aromatic rings. The van der Waals surface area contributed by atoms with Gasteiger partial charge in [-0.2, -0.15) is 0 Å². The molecule has 1 aromatic carbocycles. The first kappa shape index (κ1) is 23.8. The molecule has 0 fully saturated rings. The van der Waals surface area contributed by atoms with Crippen LogP contribution in [0.3, 0.4) is 0 Å². The van der Waals surface area contributed by atoms with E-state index in [1.807, 2.05) is 27.7 Å². The molecule has 0 radical (unpaired) electrons. The first-order valence-electron chi connectivity index (χ1n) is 10.1. The number of non-ortho nitro benzene ring substituents is 1. The van der Waals surface area contributed by atoms with Crippen LogP contribution in [0.25, 0.3) is 6.08 Å². The number of hydrogen-bond acceptors (Lipinski definition) is 6. The molecule has 0 aliphatic carbocycles. The summed E-state index contributed by atoms with van der Waals surface area (Å²) in [5, 5.41) is 13.5. The summed E-state index contributed by atoms with van der Waals surface area (Å²) in [5.74, 6) is 0.226. The van der Waals surface area contributed by atoms with Crippen LogP contribution in [0.2, 0.25) is 0 Å². The van der Waals surface area contributed by atoms with Crippen molar-refractivity contribution in [3.05, 3.63) is 63.9 Å². The fraction of sp³-hybridized carbons (Fsp3) is 0.409. The van der Waals surface area contributed by atoms with Crippen molar-refractivity contribution in [3.8, 4) is 0 Å². The van der Waals surface area contributed by atoms with Crippen LogP contribution in [0.5, 0.6) is 0 Å². The highest BCUT2D eigenvalue weighted by atomic mass is 16.6. The van der Waals surface area contributed by atoms with Gasteiger partial charge in [-0.3, -0.25) is 19.7 Å². The Hall–Kier alpha value is -3.49. The average Bonchev–Trinajstić information content (AvgIpc) is 3.18. The molecule has 9 heteroatoms. The fourth-order valence-corrected chi connectivity index (χ4v) is 2.69. The van der Waals surface area contributed by atoms with Gasteiger partial charge in [-0.1, -0.05) is 27.7 Å². The summed E-state index contributed by atoms with van der Waals surface area (Å²) in [6, 6.07) is 5.92. The Morgan fingerprint density at radius 2 is 1.87 bits per heavy atom. The minimum Gasteiger partial charge on any atom is -0.446 e. The van der Waals surface area contributed by atoms with Gasteiger partial charge in [0.2, 0.25) is 11.8 Å². The molecule has 9 nitrogen and oxygen atoms in total. The molecular weight excluding hydrogens is 400 g/mol. The van der Waals surface area contributed by atoms with Gasteiger partial charge in [0.1, 0.15) is 6.26 Å². The number of carbonyl (C=O) groups excluding carboxylic acids is 2. The third kappa shape index (κ3) is 7.69. The second-order valence-corrected chi connectivity index (χ2v) is 8.02. The van der Waals surface area contributed by atoms with Crippen molar-refractivity contribution in [2.24, 2.45) is 11.8 Å².